The standard InChI is InChI=1S/C31H38N8O2.C29H37N7O2.C27H35N9O.CH4/c1-21-34-25-18-31(9-3-2-4-10-31)39-26(28(25)41-21)17-22-19-33-30(36-29(22)39)35-27-6-5-24(20-32-27)37-11-7-23(8-12-37)38-13-15-40-16-14-38;37-23-6-11-29(9-2-1-3-10-29)25-26-22(32-27(23)25)19-31-28(34-26)33-24-5-4-21(18-30-24)35-12-7-20(8-13-35)36-14-16-38-17-15-36;1-2-8-27(9-3-1)10-11-28-26-31-22-19-30-25(33-24(22)36(26)27)32-23-5-4-21(18-29-23)34-12-6-20(7-13-34)35-14-16-37-17-15-35;/h5-6,17,19-20,23H,2-4,7-16,18H2,1H3,(H,32,33,35,36);4-5,18-20,27H,1-3,6-17H2,(H,30,33,34);4-5,11,18-20H,1-3,6-10,12-17H2,(H,29,30,32,33);1H4. The number of hydrogen-bond acceptors (Lipinski definition) is 27. The molecule has 4 aliphatic carbocycles. The number of aliphatic imine (C=N–C) groups is 1. The molecule has 0 aromatic carbocycles. The average Bonchev–Trinajstić information content (AvgIpc) is 1.57. The minimum atomic E-state index is -0.355. The van der Waals surface area contributed by atoms with Gasteiger partial charge in [-0.05, 0) is 137 Å². The number of nitrogens with zero attached hydrogens (tertiary/aromatic N) is 21. The van der Waals surface area contributed by atoms with E-state index in [2.05, 4.69) is 104 Å². The third-order valence-corrected chi connectivity index (χ3v) is 27.9. The first-order valence-corrected chi connectivity index (χ1v) is 43.6. The highest BCUT2D eigenvalue weighted by molar-refractivity contribution is 5.97. The SMILES string of the molecule is C.C1=Nc2nc3cnc(Nc4ccc(N5CCC(N6CCOCC6)CC5)cn4)nc3n2C2(C1)CCCCC2.Cc1nc2c(o1)-c1cc3cnc(Nc4ccc(N5CCC(N6CCOCC6)CC5)cn4)nc3n1C1(CCCCC1)C2.O=C1CCC2(CCCCC2)C2=c3nc(Nc4ccc(N5CCC(N6CCOCC6)CC5)cn4)ncc3=NC12. The highest BCUT2D eigenvalue weighted by Gasteiger charge is 2.49. The molecule has 9 aromatic rings. The Hall–Kier alpha value is -9.52. The van der Waals surface area contributed by atoms with Gasteiger partial charge in [0.1, 0.15) is 40.0 Å². The number of pyridine rings is 3. The second-order valence-electron chi connectivity index (χ2n) is 34.6. The van der Waals surface area contributed by atoms with Crippen LogP contribution in [-0.2, 0) is 36.5 Å². The number of anilines is 9. The van der Waals surface area contributed by atoms with E-state index >= 15 is 0 Å². The number of piperidine rings is 3. The van der Waals surface area contributed by atoms with Crippen LogP contribution < -0.4 is 41.4 Å². The van der Waals surface area contributed by atoms with E-state index in [9.17, 15) is 4.79 Å². The predicted octanol–water partition coefficient (Wildman–Crippen LogP) is 12.1. The van der Waals surface area contributed by atoms with Crippen molar-refractivity contribution in [2.75, 3.05) is 149 Å². The van der Waals surface area contributed by atoms with E-state index in [4.69, 9.17) is 58.5 Å². The van der Waals surface area contributed by atoms with Crippen molar-refractivity contribution < 1.29 is 23.4 Å². The van der Waals surface area contributed by atoms with E-state index in [0.29, 0.717) is 42.4 Å². The fourth-order valence-corrected chi connectivity index (χ4v) is 21.8. The van der Waals surface area contributed by atoms with Gasteiger partial charge in [-0.15, -0.1) is 0 Å². The summed E-state index contributed by atoms with van der Waals surface area (Å²) in [5.74, 6) is 6.45. The molecule has 29 heteroatoms. The Morgan fingerprint density at radius 1 is 0.470 bits per heavy atom. The van der Waals surface area contributed by atoms with Crippen molar-refractivity contribution in [3.63, 3.8) is 0 Å². The number of imidazole rings is 1. The molecule has 29 nitrogen and oxygen atoms in total. The minimum absolute atomic E-state index is 0. The second-order valence-corrected chi connectivity index (χ2v) is 34.6. The molecule has 9 aliphatic heterocycles. The zero-order valence-electron chi connectivity index (χ0n) is 67.2. The molecule has 0 amide bonds. The molecule has 616 valence electrons. The molecule has 1 atom stereocenters. The molecule has 10 fully saturated rings. The van der Waals surface area contributed by atoms with Crippen molar-refractivity contribution in [3.05, 3.63) is 102 Å². The maximum atomic E-state index is 12.8. The van der Waals surface area contributed by atoms with Crippen LogP contribution in [0.25, 0.3) is 39.2 Å². The maximum Gasteiger partial charge on any atom is 0.232 e. The van der Waals surface area contributed by atoms with Gasteiger partial charge in [0, 0.05) is 141 Å². The number of aromatic nitrogens is 13. The van der Waals surface area contributed by atoms with Gasteiger partial charge in [-0.3, -0.25) is 29.1 Å². The Bertz CT molecular complexity index is 5130. The van der Waals surface area contributed by atoms with Crippen LogP contribution in [0.15, 0.2) is 94.0 Å². The topological polar surface area (TPSA) is 290 Å². The van der Waals surface area contributed by atoms with Crippen LogP contribution >= 0.6 is 0 Å². The first-order valence-electron chi connectivity index (χ1n) is 43.6. The summed E-state index contributed by atoms with van der Waals surface area (Å²) < 4.78 is 27.4. The number of fused-ring (bicyclic) bond motifs is 13. The molecule has 4 saturated carbocycles. The minimum Gasteiger partial charge on any atom is -0.439 e. The molecular formula is C88H114N24O5. The van der Waals surface area contributed by atoms with E-state index in [0.717, 1.165) is 267 Å². The van der Waals surface area contributed by atoms with Crippen LogP contribution in [0.3, 0.4) is 0 Å². The van der Waals surface area contributed by atoms with Gasteiger partial charge in [0.25, 0.3) is 0 Å². The van der Waals surface area contributed by atoms with Gasteiger partial charge >= 0.3 is 0 Å². The molecule has 13 aliphatic rings. The van der Waals surface area contributed by atoms with Gasteiger partial charge in [-0.25, -0.2) is 49.8 Å². The smallest absolute Gasteiger partial charge is 0.232 e. The lowest BCUT2D eigenvalue weighted by Gasteiger charge is -2.43. The summed E-state index contributed by atoms with van der Waals surface area (Å²) in [6, 6.07) is 16.3. The normalized spacial score (nSPS) is 22.9. The summed E-state index contributed by atoms with van der Waals surface area (Å²) in [7, 11) is 0. The molecular weight excluding hydrogens is 1470 g/mol. The van der Waals surface area contributed by atoms with Crippen LogP contribution in [0.1, 0.15) is 173 Å². The Morgan fingerprint density at radius 2 is 0.949 bits per heavy atom. The van der Waals surface area contributed by atoms with Crippen molar-refractivity contribution in [2.24, 2.45) is 15.4 Å². The highest BCUT2D eigenvalue weighted by atomic mass is 16.5. The number of carbonyl (C=O) groups excluding carboxylic acids is 1. The molecule has 3 N–H and O–H groups in total. The van der Waals surface area contributed by atoms with E-state index in [1.807, 2.05) is 56.1 Å². The first-order chi connectivity index (χ1) is 57.1. The third-order valence-electron chi connectivity index (χ3n) is 27.9. The monoisotopic (exact) mass is 1590 g/mol. The number of Topliss-reactive ketones (excluding diaryl/α,β-unsaturated/α-hetero) is 1. The van der Waals surface area contributed by atoms with E-state index in [1.54, 1.807) is 12.4 Å². The van der Waals surface area contributed by atoms with Crippen molar-refractivity contribution in [1.29, 1.82) is 0 Å². The summed E-state index contributed by atoms with van der Waals surface area (Å²) >= 11 is 0. The third kappa shape index (κ3) is 15.8. The van der Waals surface area contributed by atoms with Crippen molar-refractivity contribution >= 4 is 98.1 Å². The van der Waals surface area contributed by atoms with E-state index < -0.39 is 0 Å². The Kier molecular flexibility index (Phi) is 22.3. The lowest BCUT2D eigenvalue weighted by molar-refractivity contribution is -0.121. The number of aryl methyl sites for hydroxylation is 1. The van der Waals surface area contributed by atoms with Crippen LogP contribution in [0.2, 0.25) is 0 Å². The summed E-state index contributed by atoms with van der Waals surface area (Å²) in [5.41, 5.74) is 9.56. The molecule has 6 saturated heterocycles. The van der Waals surface area contributed by atoms with Crippen molar-refractivity contribution in [3.8, 4) is 11.5 Å². The van der Waals surface area contributed by atoms with Crippen molar-refractivity contribution in [1.82, 2.24) is 78.7 Å². The number of hydrogen-bond donors (Lipinski definition) is 3. The lowest BCUT2D eigenvalue weighted by atomic mass is 9.61. The molecule has 0 radical (unpaired) electrons. The van der Waals surface area contributed by atoms with E-state index in [1.165, 1.54) is 108 Å². The summed E-state index contributed by atoms with van der Waals surface area (Å²) in [4.78, 5) is 89.5. The summed E-state index contributed by atoms with van der Waals surface area (Å²) in [6.07, 6.45) is 42.0. The molecule has 1 unspecified atom stereocenters. The fourth-order valence-electron chi connectivity index (χ4n) is 21.8. The van der Waals surface area contributed by atoms with Crippen molar-refractivity contribution in [2.45, 2.75) is 210 Å². The number of carbonyl (C=O) groups is 1. The Balaban J connectivity index is 0.000000117. The van der Waals surface area contributed by atoms with Gasteiger partial charge < -0.3 is 53.8 Å². The Morgan fingerprint density at radius 3 is 1.46 bits per heavy atom. The second kappa shape index (κ2) is 33.7. The highest BCUT2D eigenvalue weighted by Crippen LogP contribution is 2.53. The summed E-state index contributed by atoms with van der Waals surface area (Å²) in [6.45, 7) is 19.8. The molecule has 3 spiro atoms. The van der Waals surface area contributed by atoms with Crippen LogP contribution in [-0.4, -0.2) is 233 Å². The first kappa shape index (κ1) is 77.4. The van der Waals surface area contributed by atoms with Crippen LogP contribution in [0.4, 0.5) is 58.3 Å². The number of ketones is 1. The lowest BCUT2D eigenvalue weighted by Crippen LogP contribution is -2.49. The zero-order valence-corrected chi connectivity index (χ0v) is 67.2. The largest absolute Gasteiger partial charge is 0.439 e. The molecule has 0 bridgehead atoms. The quantitative estimate of drug-likeness (QED) is 0.102. The summed E-state index contributed by atoms with van der Waals surface area (Å²) in [5, 5.41) is 12.7. The van der Waals surface area contributed by atoms with Gasteiger partial charge in [0.15, 0.2) is 23.1 Å². The van der Waals surface area contributed by atoms with Crippen LogP contribution in [0.5, 0.6) is 0 Å². The van der Waals surface area contributed by atoms with Gasteiger partial charge in [0.05, 0.1) is 116 Å². The Labute approximate surface area is 684 Å². The molecule has 22 rings (SSSR count). The number of morpholine rings is 3. The number of oxazole rings is 1. The van der Waals surface area contributed by atoms with Gasteiger partial charge in [-0.2, -0.15) is 9.97 Å². The van der Waals surface area contributed by atoms with E-state index in [-0.39, 0.29) is 35.7 Å². The molecule has 18 heterocycles. The average molecular weight is 1590 g/mol. The predicted molar refractivity (Wildman–Crippen MR) is 454 cm³/mol. The maximum absolute atomic E-state index is 12.8. The van der Waals surface area contributed by atoms with Crippen LogP contribution in [0, 0.1) is 12.3 Å². The number of rotatable bonds is 12. The number of ether oxygens (including phenoxy) is 3. The van der Waals surface area contributed by atoms with Gasteiger partial charge in [-0.1, -0.05) is 65.2 Å². The number of nitrogens with one attached hydrogen (secondary N) is 3. The molecule has 117 heavy (non-hydrogen) atoms. The van der Waals surface area contributed by atoms with Gasteiger partial charge in [0.2, 0.25) is 23.8 Å². The molecule has 9 aromatic heterocycles. The zero-order chi connectivity index (χ0) is 77.6. The fraction of sp³-hybridized carbons (Fsp3) is 0.591.